The predicted octanol–water partition coefficient (Wildman–Crippen LogP) is 5.56. The number of likely N-dealkylation sites (tertiary alicyclic amines) is 1. The molecule has 13 heteroatoms. The molecule has 4 aromatic carbocycles. The molecule has 1 fully saturated rings. The summed E-state index contributed by atoms with van der Waals surface area (Å²) < 4.78 is 22.3. The van der Waals surface area contributed by atoms with E-state index in [0.29, 0.717) is 53.3 Å². The summed E-state index contributed by atoms with van der Waals surface area (Å²) in [6.07, 6.45) is 0.433. The standard InChI is InChI=1S/C40H42N4O9/c1-50-26-17-14-24(15-18-26)37(31-21-25(16-19-36(45)46)34(51-2)22-35(31)52-3)41-39(48)43-42-38(47)33-13-8-20-44(33)40(49)53-23-32-29-11-6-4-9-27(29)28-10-5-7-12-30(28)32/h4-7,9-12,14-15,17-18,21-22,32-33,37H,8,13,16,19-20,23H2,1-3H3,(H,42,47)(H,45,46)(H2,41,43,48)/t33-,37?/m1/s1. The number of aryl methyl sites for hydroxylation is 1. The first-order chi connectivity index (χ1) is 25.7. The van der Waals surface area contributed by atoms with E-state index < -0.39 is 36.1 Å². The van der Waals surface area contributed by atoms with Gasteiger partial charge in [0.1, 0.15) is 29.9 Å². The maximum atomic E-state index is 13.4. The number of rotatable bonds is 12. The lowest BCUT2D eigenvalue weighted by Crippen LogP contribution is -2.54. The van der Waals surface area contributed by atoms with E-state index in [2.05, 4.69) is 28.3 Å². The number of carbonyl (C=O) groups is 4. The molecule has 1 saturated heterocycles. The minimum atomic E-state index is -0.969. The van der Waals surface area contributed by atoms with Crippen molar-refractivity contribution >= 4 is 24.0 Å². The second kappa shape index (κ2) is 16.4. The summed E-state index contributed by atoms with van der Waals surface area (Å²) in [4.78, 5) is 53.0. The minimum absolute atomic E-state index is 0.122. The molecule has 1 unspecified atom stereocenters. The number of carboxylic acid groups (broad SMARTS) is 1. The Hall–Kier alpha value is -6.24. The van der Waals surface area contributed by atoms with Crippen molar-refractivity contribution in [3.63, 3.8) is 0 Å². The van der Waals surface area contributed by atoms with Crippen molar-refractivity contribution in [1.29, 1.82) is 0 Å². The van der Waals surface area contributed by atoms with Gasteiger partial charge in [-0.2, -0.15) is 0 Å². The molecule has 2 atom stereocenters. The van der Waals surface area contributed by atoms with Crippen LogP contribution in [0.25, 0.3) is 11.1 Å². The number of methoxy groups -OCH3 is 3. The first kappa shape index (κ1) is 36.5. The highest BCUT2D eigenvalue weighted by Crippen LogP contribution is 2.44. The number of carboxylic acids is 1. The number of benzene rings is 4. The highest BCUT2D eigenvalue weighted by Gasteiger charge is 2.37. The molecule has 1 aliphatic heterocycles. The monoisotopic (exact) mass is 722 g/mol. The van der Waals surface area contributed by atoms with E-state index in [0.717, 1.165) is 22.3 Å². The summed E-state index contributed by atoms with van der Waals surface area (Å²) in [5.41, 5.74) is 11.1. The Morgan fingerprint density at radius 2 is 1.49 bits per heavy atom. The summed E-state index contributed by atoms with van der Waals surface area (Å²) in [7, 11) is 4.50. The van der Waals surface area contributed by atoms with Crippen molar-refractivity contribution in [2.45, 2.75) is 43.7 Å². The molecule has 0 bridgehead atoms. The van der Waals surface area contributed by atoms with Gasteiger partial charge in [0.25, 0.3) is 5.91 Å². The van der Waals surface area contributed by atoms with Gasteiger partial charge in [-0.15, -0.1) is 0 Å². The summed E-state index contributed by atoms with van der Waals surface area (Å²) >= 11 is 0. The van der Waals surface area contributed by atoms with Gasteiger partial charge in [0.15, 0.2) is 0 Å². The van der Waals surface area contributed by atoms with Crippen molar-refractivity contribution < 1.29 is 43.2 Å². The first-order valence-corrected chi connectivity index (χ1v) is 17.3. The van der Waals surface area contributed by atoms with Gasteiger partial charge >= 0.3 is 18.1 Å². The summed E-state index contributed by atoms with van der Waals surface area (Å²) in [6.45, 7) is 0.458. The normalized spacial score (nSPS) is 15.1. The molecular weight excluding hydrogens is 680 g/mol. The molecule has 0 saturated carbocycles. The summed E-state index contributed by atoms with van der Waals surface area (Å²) in [5, 5.41) is 12.2. The Labute approximate surface area is 307 Å². The van der Waals surface area contributed by atoms with Crippen LogP contribution >= 0.6 is 0 Å². The van der Waals surface area contributed by atoms with E-state index in [1.165, 1.54) is 19.1 Å². The van der Waals surface area contributed by atoms with Crippen molar-refractivity contribution in [3.05, 3.63) is 113 Å². The van der Waals surface area contributed by atoms with E-state index in [4.69, 9.17) is 18.9 Å². The zero-order valence-electron chi connectivity index (χ0n) is 29.7. The summed E-state index contributed by atoms with van der Waals surface area (Å²) in [6, 6.07) is 24.1. The third-order valence-electron chi connectivity index (χ3n) is 9.70. The van der Waals surface area contributed by atoms with E-state index in [-0.39, 0.29) is 25.4 Å². The fourth-order valence-electron chi connectivity index (χ4n) is 7.10. The van der Waals surface area contributed by atoms with Crippen LogP contribution in [0, 0.1) is 0 Å². The first-order valence-electron chi connectivity index (χ1n) is 17.3. The van der Waals surface area contributed by atoms with Crippen LogP contribution in [0.1, 0.15) is 59.0 Å². The topological polar surface area (TPSA) is 165 Å². The van der Waals surface area contributed by atoms with Gasteiger partial charge in [0, 0.05) is 30.5 Å². The Bertz CT molecular complexity index is 1940. The third kappa shape index (κ3) is 7.98. The van der Waals surface area contributed by atoms with E-state index in [1.807, 2.05) is 36.4 Å². The number of hydrazine groups is 1. The number of hydrogen-bond donors (Lipinski definition) is 4. The second-order valence-electron chi connectivity index (χ2n) is 12.7. The van der Waals surface area contributed by atoms with Gasteiger partial charge in [0.05, 0.1) is 27.4 Å². The van der Waals surface area contributed by atoms with Crippen LogP contribution in [0.4, 0.5) is 9.59 Å². The number of aliphatic carboxylic acids is 1. The van der Waals surface area contributed by atoms with Gasteiger partial charge in [-0.25, -0.2) is 15.0 Å². The highest BCUT2D eigenvalue weighted by atomic mass is 16.6. The van der Waals surface area contributed by atoms with Crippen LogP contribution in [0.3, 0.4) is 0 Å². The molecule has 1 aliphatic carbocycles. The SMILES string of the molecule is COc1ccc(C(NC(=O)NNC(=O)[C@H]2CCCN2C(=O)OCC2c3ccccc3-c3ccccc32)c2cc(CCC(=O)O)c(OC)cc2OC)cc1. The number of nitrogens with one attached hydrogen (secondary N) is 3. The zero-order valence-corrected chi connectivity index (χ0v) is 29.7. The number of ether oxygens (including phenoxy) is 4. The van der Waals surface area contributed by atoms with E-state index >= 15 is 0 Å². The predicted molar refractivity (Wildman–Crippen MR) is 195 cm³/mol. The van der Waals surface area contributed by atoms with Crippen molar-refractivity contribution in [1.82, 2.24) is 21.1 Å². The number of carbonyl (C=O) groups excluding carboxylic acids is 3. The number of fused-ring (bicyclic) bond motifs is 3. The Morgan fingerprint density at radius 3 is 2.11 bits per heavy atom. The quantitative estimate of drug-likeness (QED) is 0.137. The molecule has 0 spiro atoms. The van der Waals surface area contributed by atoms with Crippen molar-refractivity contribution in [3.8, 4) is 28.4 Å². The van der Waals surface area contributed by atoms with Gasteiger partial charge in [-0.3, -0.25) is 19.9 Å². The molecule has 276 valence electrons. The molecule has 4 N–H and O–H groups in total. The molecule has 2 aliphatic rings. The van der Waals surface area contributed by atoms with Crippen LogP contribution in [0.5, 0.6) is 17.2 Å². The number of urea groups is 1. The molecule has 13 nitrogen and oxygen atoms in total. The van der Waals surface area contributed by atoms with Crippen LogP contribution in [0.15, 0.2) is 84.9 Å². The molecular formula is C40H42N4O9. The largest absolute Gasteiger partial charge is 0.497 e. The van der Waals surface area contributed by atoms with Gasteiger partial charge < -0.3 is 29.4 Å². The van der Waals surface area contributed by atoms with Crippen LogP contribution in [0.2, 0.25) is 0 Å². The van der Waals surface area contributed by atoms with Gasteiger partial charge in [0.2, 0.25) is 0 Å². The second-order valence-corrected chi connectivity index (χ2v) is 12.7. The average Bonchev–Trinajstić information content (AvgIpc) is 3.81. The molecule has 0 aromatic heterocycles. The average molecular weight is 723 g/mol. The molecule has 1 heterocycles. The molecule has 0 radical (unpaired) electrons. The fraction of sp³-hybridized carbons (Fsp3) is 0.300. The van der Waals surface area contributed by atoms with Crippen LogP contribution in [-0.2, 0) is 20.7 Å². The Morgan fingerprint density at radius 1 is 0.830 bits per heavy atom. The van der Waals surface area contributed by atoms with Gasteiger partial charge in [-0.05, 0) is 70.8 Å². The maximum absolute atomic E-state index is 13.4. The zero-order chi connectivity index (χ0) is 37.5. The highest BCUT2D eigenvalue weighted by molar-refractivity contribution is 5.88. The lowest BCUT2D eigenvalue weighted by Gasteiger charge is -2.26. The molecule has 4 aromatic rings. The van der Waals surface area contributed by atoms with Crippen LogP contribution < -0.4 is 30.4 Å². The fourth-order valence-corrected chi connectivity index (χ4v) is 7.10. The Balaban J connectivity index is 1.13. The van der Waals surface area contributed by atoms with Crippen LogP contribution in [-0.4, -0.2) is 74.5 Å². The minimum Gasteiger partial charge on any atom is -0.497 e. The van der Waals surface area contributed by atoms with E-state index in [1.54, 1.807) is 43.5 Å². The lowest BCUT2D eigenvalue weighted by atomic mass is 9.94. The van der Waals surface area contributed by atoms with Crippen molar-refractivity contribution in [2.24, 2.45) is 0 Å². The number of amides is 4. The third-order valence-corrected chi connectivity index (χ3v) is 9.70. The van der Waals surface area contributed by atoms with E-state index in [9.17, 15) is 24.3 Å². The molecule has 6 rings (SSSR count). The lowest BCUT2D eigenvalue weighted by molar-refractivity contribution is -0.137. The number of hydrogen-bond acceptors (Lipinski definition) is 8. The Kier molecular flexibility index (Phi) is 11.3. The molecule has 53 heavy (non-hydrogen) atoms. The molecule has 4 amide bonds. The summed E-state index contributed by atoms with van der Waals surface area (Å²) in [5.74, 6) is -0.229. The van der Waals surface area contributed by atoms with Crippen molar-refractivity contribution in [2.75, 3.05) is 34.5 Å². The smallest absolute Gasteiger partial charge is 0.410 e. The maximum Gasteiger partial charge on any atom is 0.410 e. The van der Waals surface area contributed by atoms with Gasteiger partial charge in [-0.1, -0.05) is 60.7 Å². The number of nitrogens with zero attached hydrogens (tertiary/aromatic N) is 1.